The predicted octanol–water partition coefficient (Wildman–Crippen LogP) is 3.17. The normalized spacial score (nSPS) is 26.7. The van der Waals surface area contributed by atoms with E-state index >= 15 is 0 Å². The van der Waals surface area contributed by atoms with Crippen molar-refractivity contribution in [3.8, 4) is 0 Å². The van der Waals surface area contributed by atoms with Crippen LogP contribution >= 0.6 is 0 Å². The van der Waals surface area contributed by atoms with Crippen LogP contribution in [0.15, 0.2) is 12.4 Å². The molecule has 0 saturated heterocycles. The van der Waals surface area contributed by atoms with E-state index in [1.807, 2.05) is 6.20 Å². The lowest BCUT2D eigenvalue weighted by Gasteiger charge is -2.32. The lowest BCUT2D eigenvalue weighted by atomic mass is 9.86. The molecule has 2 atom stereocenters. The van der Waals surface area contributed by atoms with Gasteiger partial charge in [0.05, 0.1) is 6.04 Å². The molecule has 0 spiro atoms. The molecule has 1 N–H and O–H groups in total. The highest BCUT2D eigenvalue weighted by Crippen LogP contribution is 2.44. The van der Waals surface area contributed by atoms with Crippen molar-refractivity contribution in [3.05, 3.63) is 18.2 Å². The summed E-state index contributed by atoms with van der Waals surface area (Å²) in [6, 6.07) is 1.14. The Morgan fingerprint density at radius 1 is 1.44 bits per heavy atom. The Labute approximate surface area is 111 Å². The molecule has 1 fully saturated rings. The molecule has 0 amide bonds. The molecule has 0 aliphatic heterocycles. The molecular formula is C15H27N3. The second-order valence-electron chi connectivity index (χ2n) is 6.13. The van der Waals surface area contributed by atoms with Gasteiger partial charge in [-0.2, -0.15) is 0 Å². The molecule has 18 heavy (non-hydrogen) atoms. The first-order chi connectivity index (χ1) is 8.60. The van der Waals surface area contributed by atoms with E-state index in [4.69, 9.17) is 0 Å². The van der Waals surface area contributed by atoms with Crippen LogP contribution in [-0.4, -0.2) is 22.1 Å². The largest absolute Gasteiger partial charge is 0.330 e. The standard InChI is InChI=1S/C15H27N3/c1-5-9-17-14-12(7-8-15(14,3)4)18-11-10-16-13(18)6-2/h10-12,14,17H,5-9H2,1-4H3. The Bertz CT molecular complexity index is 381. The van der Waals surface area contributed by atoms with Gasteiger partial charge in [0.15, 0.2) is 0 Å². The van der Waals surface area contributed by atoms with Gasteiger partial charge >= 0.3 is 0 Å². The molecule has 1 aliphatic carbocycles. The number of rotatable bonds is 5. The number of nitrogens with zero attached hydrogens (tertiary/aromatic N) is 2. The van der Waals surface area contributed by atoms with Crippen molar-refractivity contribution in [3.63, 3.8) is 0 Å². The van der Waals surface area contributed by atoms with Gasteiger partial charge in [-0.1, -0.05) is 27.7 Å². The Balaban J connectivity index is 2.21. The summed E-state index contributed by atoms with van der Waals surface area (Å²) in [4.78, 5) is 4.48. The molecule has 0 aromatic carbocycles. The lowest BCUT2D eigenvalue weighted by molar-refractivity contribution is 0.247. The van der Waals surface area contributed by atoms with Gasteiger partial charge < -0.3 is 9.88 Å². The first-order valence-corrected chi connectivity index (χ1v) is 7.35. The highest BCUT2D eigenvalue weighted by Gasteiger charge is 2.42. The van der Waals surface area contributed by atoms with E-state index in [0.717, 1.165) is 13.0 Å². The van der Waals surface area contributed by atoms with Crippen LogP contribution in [0.25, 0.3) is 0 Å². The van der Waals surface area contributed by atoms with Crippen molar-refractivity contribution >= 4 is 0 Å². The van der Waals surface area contributed by atoms with Crippen molar-refractivity contribution in [2.45, 2.75) is 65.5 Å². The van der Waals surface area contributed by atoms with Crippen molar-refractivity contribution in [1.82, 2.24) is 14.9 Å². The molecule has 2 rings (SSSR count). The Kier molecular flexibility index (Phi) is 4.10. The van der Waals surface area contributed by atoms with E-state index in [2.05, 4.69) is 48.8 Å². The number of hydrogen-bond acceptors (Lipinski definition) is 2. The van der Waals surface area contributed by atoms with Crippen LogP contribution in [0.4, 0.5) is 0 Å². The van der Waals surface area contributed by atoms with Gasteiger partial charge in [-0.25, -0.2) is 4.98 Å². The minimum atomic E-state index is 0.384. The average molecular weight is 249 g/mol. The summed E-state index contributed by atoms with van der Waals surface area (Å²) in [5.74, 6) is 1.22. The molecule has 1 saturated carbocycles. The first kappa shape index (κ1) is 13.6. The molecule has 0 bridgehead atoms. The van der Waals surface area contributed by atoms with E-state index < -0.39 is 0 Å². The van der Waals surface area contributed by atoms with E-state index in [1.54, 1.807) is 0 Å². The third-order valence-corrected chi connectivity index (χ3v) is 4.35. The lowest BCUT2D eigenvalue weighted by Crippen LogP contribution is -2.43. The zero-order valence-electron chi connectivity index (χ0n) is 12.2. The van der Waals surface area contributed by atoms with Crippen LogP contribution in [0.3, 0.4) is 0 Å². The summed E-state index contributed by atoms with van der Waals surface area (Å²) in [6.45, 7) is 10.3. The highest BCUT2D eigenvalue weighted by atomic mass is 15.1. The van der Waals surface area contributed by atoms with Crippen molar-refractivity contribution in [1.29, 1.82) is 0 Å². The highest BCUT2D eigenvalue weighted by molar-refractivity contribution is 5.05. The monoisotopic (exact) mass is 249 g/mol. The predicted molar refractivity (Wildman–Crippen MR) is 75.7 cm³/mol. The minimum Gasteiger partial charge on any atom is -0.330 e. The van der Waals surface area contributed by atoms with E-state index in [-0.39, 0.29) is 0 Å². The summed E-state index contributed by atoms with van der Waals surface area (Å²) in [7, 11) is 0. The SMILES string of the molecule is CCCNC1C(n2ccnc2CC)CCC1(C)C. The third-order valence-electron chi connectivity index (χ3n) is 4.35. The second kappa shape index (κ2) is 5.43. The maximum atomic E-state index is 4.48. The number of aryl methyl sites for hydroxylation is 1. The van der Waals surface area contributed by atoms with Crippen LogP contribution in [0.1, 0.15) is 58.8 Å². The van der Waals surface area contributed by atoms with Crippen molar-refractivity contribution in [2.75, 3.05) is 6.54 Å². The summed E-state index contributed by atoms with van der Waals surface area (Å²) >= 11 is 0. The quantitative estimate of drug-likeness (QED) is 0.868. The number of aromatic nitrogens is 2. The van der Waals surface area contributed by atoms with Gasteiger partial charge in [-0.05, 0) is 31.2 Å². The average Bonchev–Trinajstić information content (AvgIpc) is 2.90. The summed E-state index contributed by atoms with van der Waals surface area (Å²) in [5, 5.41) is 3.76. The fourth-order valence-corrected chi connectivity index (χ4v) is 3.29. The molecule has 3 nitrogen and oxygen atoms in total. The van der Waals surface area contributed by atoms with Gasteiger partial charge in [0.25, 0.3) is 0 Å². The molecule has 102 valence electrons. The summed E-state index contributed by atoms with van der Waals surface area (Å²) in [6.07, 6.45) is 8.87. The molecule has 0 radical (unpaired) electrons. The summed E-state index contributed by atoms with van der Waals surface area (Å²) in [5.41, 5.74) is 0.384. The van der Waals surface area contributed by atoms with Crippen LogP contribution < -0.4 is 5.32 Å². The zero-order valence-corrected chi connectivity index (χ0v) is 12.2. The van der Waals surface area contributed by atoms with Crippen LogP contribution in [0.2, 0.25) is 0 Å². The molecule has 1 heterocycles. The number of nitrogens with one attached hydrogen (secondary N) is 1. The van der Waals surface area contributed by atoms with E-state index in [9.17, 15) is 0 Å². The maximum Gasteiger partial charge on any atom is 0.108 e. The zero-order chi connectivity index (χ0) is 13.2. The second-order valence-corrected chi connectivity index (χ2v) is 6.13. The van der Waals surface area contributed by atoms with E-state index in [1.165, 1.54) is 25.1 Å². The topological polar surface area (TPSA) is 29.9 Å². The fraction of sp³-hybridized carbons (Fsp3) is 0.800. The third kappa shape index (κ3) is 2.46. The molecule has 1 aliphatic rings. The smallest absolute Gasteiger partial charge is 0.108 e. The first-order valence-electron chi connectivity index (χ1n) is 7.35. The molecular weight excluding hydrogens is 222 g/mol. The number of hydrogen-bond donors (Lipinski definition) is 1. The van der Waals surface area contributed by atoms with Gasteiger partial charge in [0.1, 0.15) is 5.82 Å². The molecule has 1 aromatic heterocycles. The van der Waals surface area contributed by atoms with Crippen LogP contribution in [0.5, 0.6) is 0 Å². The fourth-order valence-electron chi connectivity index (χ4n) is 3.29. The van der Waals surface area contributed by atoms with Gasteiger partial charge in [-0.3, -0.25) is 0 Å². The van der Waals surface area contributed by atoms with Crippen LogP contribution in [-0.2, 0) is 6.42 Å². The number of imidazole rings is 1. The van der Waals surface area contributed by atoms with Gasteiger partial charge in [-0.15, -0.1) is 0 Å². The van der Waals surface area contributed by atoms with Gasteiger partial charge in [0, 0.05) is 24.9 Å². The minimum absolute atomic E-state index is 0.384. The Hall–Kier alpha value is -0.830. The van der Waals surface area contributed by atoms with E-state index in [0.29, 0.717) is 17.5 Å². The molecule has 3 heteroatoms. The van der Waals surface area contributed by atoms with Crippen molar-refractivity contribution in [2.24, 2.45) is 5.41 Å². The molecule has 1 aromatic rings. The van der Waals surface area contributed by atoms with Crippen molar-refractivity contribution < 1.29 is 0 Å². The molecule has 2 unspecified atom stereocenters. The summed E-state index contributed by atoms with van der Waals surface area (Å²) < 4.78 is 2.40. The van der Waals surface area contributed by atoms with Crippen LogP contribution in [0, 0.1) is 5.41 Å². The maximum absolute atomic E-state index is 4.48. The van der Waals surface area contributed by atoms with Gasteiger partial charge in [0.2, 0.25) is 0 Å². The Morgan fingerprint density at radius 2 is 2.22 bits per heavy atom. The Morgan fingerprint density at radius 3 is 2.89 bits per heavy atom.